The second-order valence-electron chi connectivity index (χ2n) is 3.59. The van der Waals surface area contributed by atoms with Gasteiger partial charge in [0.15, 0.2) is 0 Å². The molecule has 0 amide bonds. The Kier molecular flexibility index (Phi) is 3.50. The predicted octanol–water partition coefficient (Wildman–Crippen LogP) is 3.43. The minimum atomic E-state index is -0.449. The van der Waals surface area contributed by atoms with E-state index in [2.05, 4.69) is 10.3 Å². The van der Waals surface area contributed by atoms with Crippen LogP contribution in [0, 0.1) is 5.95 Å². The van der Waals surface area contributed by atoms with Gasteiger partial charge in [-0.05, 0) is 35.9 Å². The number of nitrogens with zero attached hydrogens (tertiary/aromatic N) is 1. The number of anilines is 1. The molecule has 0 aliphatic heterocycles. The van der Waals surface area contributed by atoms with Crippen LogP contribution in [-0.2, 0) is 0 Å². The van der Waals surface area contributed by atoms with Gasteiger partial charge in [-0.25, -0.2) is 4.98 Å². The van der Waals surface area contributed by atoms with Crippen LogP contribution in [0.25, 0.3) is 12.2 Å². The van der Waals surface area contributed by atoms with E-state index in [1.807, 2.05) is 37.4 Å². The summed E-state index contributed by atoms with van der Waals surface area (Å²) in [5.41, 5.74) is 2.56. The fraction of sp³-hybridized carbons (Fsp3) is 0.0714. The molecule has 2 rings (SSSR count). The molecule has 0 unspecified atom stereocenters. The van der Waals surface area contributed by atoms with E-state index in [0.29, 0.717) is 5.56 Å². The first-order valence-corrected chi connectivity index (χ1v) is 5.36. The summed E-state index contributed by atoms with van der Waals surface area (Å²) in [5, 5.41) is 3.04. The van der Waals surface area contributed by atoms with E-state index in [1.165, 1.54) is 6.20 Å². The third-order valence-electron chi connectivity index (χ3n) is 2.44. The van der Waals surface area contributed by atoms with Crippen LogP contribution in [0.15, 0.2) is 42.6 Å². The molecule has 0 saturated heterocycles. The molecular weight excluding hydrogens is 214 g/mol. The zero-order valence-corrected chi connectivity index (χ0v) is 9.52. The van der Waals surface area contributed by atoms with Gasteiger partial charge in [0, 0.05) is 24.5 Å². The van der Waals surface area contributed by atoms with Gasteiger partial charge in [0.1, 0.15) is 0 Å². The zero-order chi connectivity index (χ0) is 12.1. The molecule has 0 aliphatic rings. The number of hydrogen-bond acceptors (Lipinski definition) is 2. The lowest BCUT2D eigenvalue weighted by Crippen LogP contribution is -1.87. The van der Waals surface area contributed by atoms with Crippen molar-refractivity contribution in [3.05, 3.63) is 59.7 Å². The smallest absolute Gasteiger partial charge is 0.220 e. The van der Waals surface area contributed by atoms with Crippen molar-refractivity contribution in [3.63, 3.8) is 0 Å². The van der Waals surface area contributed by atoms with Gasteiger partial charge in [0.2, 0.25) is 5.95 Å². The van der Waals surface area contributed by atoms with Crippen LogP contribution in [0.4, 0.5) is 10.1 Å². The molecule has 1 heterocycles. The first kappa shape index (κ1) is 11.3. The lowest BCUT2D eigenvalue weighted by atomic mass is 10.1. The number of rotatable bonds is 3. The van der Waals surface area contributed by atoms with E-state index in [0.717, 1.165) is 11.3 Å². The van der Waals surface area contributed by atoms with Crippen molar-refractivity contribution in [1.29, 1.82) is 0 Å². The number of nitrogens with one attached hydrogen (secondary N) is 1. The Morgan fingerprint density at radius 1 is 1.12 bits per heavy atom. The van der Waals surface area contributed by atoms with Crippen LogP contribution < -0.4 is 5.32 Å². The lowest BCUT2D eigenvalue weighted by molar-refractivity contribution is 0.581. The molecule has 1 aromatic heterocycles. The Bertz CT molecular complexity index is 518. The topological polar surface area (TPSA) is 24.9 Å². The molecule has 0 radical (unpaired) electrons. The third-order valence-corrected chi connectivity index (χ3v) is 2.44. The monoisotopic (exact) mass is 227 g/mol. The summed E-state index contributed by atoms with van der Waals surface area (Å²) in [6.45, 7) is 0. The average Bonchev–Trinajstić information content (AvgIpc) is 2.38. The van der Waals surface area contributed by atoms with Crippen LogP contribution in [0.2, 0.25) is 0 Å². The van der Waals surface area contributed by atoms with Crippen molar-refractivity contribution in [1.82, 2.24) is 4.98 Å². The molecule has 2 nitrogen and oxygen atoms in total. The van der Waals surface area contributed by atoms with Crippen molar-refractivity contribution in [3.8, 4) is 0 Å². The van der Waals surface area contributed by atoms with Gasteiger partial charge < -0.3 is 5.32 Å². The van der Waals surface area contributed by atoms with E-state index in [1.54, 1.807) is 18.2 Å². The zero-order valence-electron chi connectivity index (χ0n) is 9.52. The highest BCUT2D eigenvalue weighted by atomic mass is 18.2. The first-order chi connectivity index (χ1) is 8.29. The van der Waals surface area contributed by atoms with E-state index < -0.39 is 5.95 Å². The molecule has 1 aromatic carbocycles. The molecule has 17 heavy (non-hydrogen) atoms. The van der Waals surface area contributed by atoms with Gasteiger partial charge in [-0.2, -0.15) is 4.39 Å². The maximum absolute atomic E-state index is 13.2. The normalized spacial score (nSPS) is 10.7. The Balaban J connectivity index is 2.17. The Hall–Kier alpha value is -2.16. The number of aromatic nitrogens is 1. The maximum Gasteiger partial charge on any atom is 0.220 e. The van der Waals surface area contributed by atoms with Crippen molar-refractivity contribution in [2.45, 2.75) is 0 Å². The Labute approximate surface area is 99.8 Å². The highest BCUT2D eigenvalue weighted by Gasteiger charge is 1.96. The second kappa shape index (κ2) is 5.25. The Morgan fingerprint density at radius 3 is 2.53 bits per heavy atom. The predicted molar refractivity (Wildman–Crippen MR) is 69.1 cm³/mol. The van der Waals surface area contributed by atoms with E-state index in [4.69, 9.17) is 0 Å². The summed E-state index contributed by atoms with van der Waals surface area (Å²) in [6, 6.07) is 11.3. The third kappa shape index (κ3) is 2.91. The van der Waals surface area contributed by atoms with E-state index in [-0.39, 0.29) is 0 Å². The summed E-state index contributed by atoms with van der Waals surface area (Å²) < 4.78 is 13.2. The lowest BCUT2D eigenvalue weighted by Gasteiger charge is -1.99. The van der Waals surface area contributed by atoms with Gasteiger partial charge in [0.05, 0.1) is 0 Å². The molecule has 86 valence electrons. The fourth-order valence-electron chi connectivity index (χ4n) is 1.47. The summed E-state index contributed by atoms with van der Waals surface area (Å²) in [4.78, 5) is 3.59. The van der Waals surface area contributed by atoms with Gasteiger partial charge >= 0.3 is 0 Å². The largest absolute Gasteiger partial charge is 0.388 e. The first-order valence-electron chi connectivity index (χ1n) is 5.36. The highest BCUT2D eigenvalue weighted by Crippen LogP contribution is 2.12. The SMILES string of the molecule is CNc1ccc(/C=C/c2cccnc2[18F])cc1. The molecule has 0 bridgehead atoms. The second-order valence-corrected chi connectivity index (χ2v) is 3.59. The van der Waals surface area contributed by atoms with E-state index in [9.17, 15) is 4.39 Å². The molecule has 0 fully saturated rings. The van der Waals surface area contributed by atoms with Crippen LogP contribution in [-0.4, -0.2) is 12.0 Å². The molecule has 3 heteroatoms. The maximum atomic E-state index is 13.2. The van der Waals surface area contributed by atoms with Crippen molar-refractivity contribution < 1.29 is 4.39 Å². The van der Waals surface area contributed by atoms with Gasteiger partial charge in [-0.3, -0.25) is 0 Å². The molecule has 0 spiro atoms. The summed E-state index contributed by atoms with van der Waals surface area (Å²) in [5.74, 6) is -0.449. The quantitative estimate of drug-likeness (QED) is 0.812. The van der Waals surface area contributed by atoms with Gasteiger partial charge in [-0.15, -0.1) is 0 Å². The minimum Gasteiger partial charge on any atom is -0.388 e. The molecular formula is C14H13FN2. The molecule has 2 aromatic rings. The van der Waals surface area contributed by atoms with Crippen LogP contribution in [0.1, 0.15) is 11.1 Å². The van der Waals surface area contributed by atoms with Gasteiger partial charge in [-0.1, -0.05) is 18.2 Å². The Morgan fingerprint density at radius 2 is 1.88 bits per heavy atom. The summed E-state index contributed by atoms with van der Waals surface area (Å²) in [6.07, 6.45) is 5.02. The molecule has 1 N–H and O–H groups in total. The van der Waals surface area contributed by atoms with Crippen LogP contribution in [0.5, 0.6) is 0 Å². The number of hydrogen-bond donors (Lipinski definition) is 1. The summed E-state index contributed by atoms with van der Waals surface area (Å²) >= 11 is 0. The molecule has 0 aliphatic carbocycles. The fourth-order valence-corrected chi connectivity index (χ4v) is 1.47. The van der Waals surface area contributed by atoms with Gasteiger partial charge in [0.25, 0.3) is 0 Å². The molecule has 0 saturated carbocycles. The number of halogens is 1. The minimum absolute atomic E-state index is 0.449. The van der Waals surface area contributed by atoms with Crippen molar-refractivity contribution in [2.24, 2.45) is 0 Å². The number of pyridine rings is 1. The van der Waals surface area contributed by atoms with Crippen molar-refractivity contribution in [2.75, 3.05) is 12.4 Å². The summed E-state index contributed by atoms with van der Waals surface area (Å²) in [7, 11) is 1.87. The standard InChI is InChI=1S/C14H13FN2/c1-16-13-8-5-11(6-9-13)4-7-12-3-2-10-17-14(12)15/h2-10,16H,1H3/b7-4+/i15-1. The highest BCUT2D eigenvalue weighted by molar-refractivity contribution is 5.70. The van der Waals surface area contributed by atoms with Crippen LogP contribution >= 0.6 is 0 Å². The average molecular weight is 227 g/mol. The van der Waals surface area contributed by atoms with Crippen LogP contribution in [0.3, 0.4) is 0 Å². The van der Waals surface area contributed by atoms with E-state index >= 15 is 0 Å². The van der Waals surface area contributed by atoms with Crippen molar-refractivity contribution >= 4 is 17.8 Å². The number of benzene rings is 1. The molecule has 0 atom stereocenters.